The minimum absolute atomic E-state index is 0.351. The van der Waals surface area contributed by atoms with E-state index in [1.807, 2.05) is 29.9 Å². The number of benzene rings is 1. The molecule has 1 aliphatic heterocycles. The number of aromatic nitrogens is 3. The zero-order valence-electron chi connectivity index (χ0n) is 15.2. The predicted molar refractivity (Wildman–Crippen MR) is 107 cm³/mol. The maximum atomic E-state index is 13.0. The lowest BCUT2D eigenvalue weighted by molar-refractivity contribution is 0.291. The summed E-state index contributed by atoms with van der Waals surface area (Å²) in [5, 5.41) is 1.86. The zero-order valence-corrected chi connectivity index (χ0v) is 16.8. The molecular weight excluding hydrogens is 380 g/mol. The van der Waals surface area contributed by atoms with Gasteiger partial charge in [0.05, 0.1) is 10.4 Å². The van der Waals surface area contributed by atoms with Crippen molar-refractivity contribution in [2.24, 2.45) is 13.0 Å². The largest absolute Gasteiger partial charge is 0.329 e. The van der Waals surface area contributed by atoms with Gasteiger partial charge >= 0.3 is 0 Å². The summed E-state index contributed by atoms with van der Waals surface area (Å²) in [4.78, 5) is 8.94. The fraction of sp³-hybridized carbons (Fsp3) is 0.368. The van der Waals surface area contributed by atoms with Gasteiger partial charge in [-0.25, -0.2) is 13.4 Å². The highest BCUT2D eigenvalue weighted by Gasteiger charge is 2.29. The zero-order chi connectivity index (χ0) is 18.9. The van der Waals surface area contributed by atoms with E-state index in [0.29, 0.717) is 23.9 Å². The van der Waals surface area contributed by atoms with Gasteiger partial charge in [-0.3, -0.25) is 4.98 Å². The fourth-order valence-corrected chi connectivity index (χ4v) is 5.99. The normalized spacial score (nSPS) is 16.8. The van der Waals surface area contributed by atoms with Crippen LogP contribution >= 0.6 is 11.8 Å². The summed E-state index contributed by atoms with van der Waals surface area (Å²) >= 11 is 1.74. The molecule has 0 N–H and O–H groups in total. The number of fused-ring (bicyclic) bond motifs is 1. The molecule has 0 aliphatic carbocycles. The van der Waals surface area contributed by atoms with E-state index in [1.165, 1.54) is 0 Å². The number of rotatable bonds is 5. The molecule has 0 atom stereocenters. The Balaban J connectivity index is 1.41. The summed E-state index contributed by atoms with van der Waals surface area (Å²) in [7, 11) is -1.47. The summed E-state index contributed by atoms with van der Waals surface area (Å²) < 4.78 is 29.7. The van der Waals surface area contributed by atoms with Crippen LogP contribution in [0, 0.1) is 5.92 Å². The van der Waals surface area contributed by atoms with E-state index in [9.17, 15) is 8.42 Å². The second-order valence-electron chi connectivity index (χ2n) is 6.84. The minimum atomic E-state index is -3.46. The molecule has 1 saturated heterocycles. The van der Waals surface area contributed by atoms with Gasteiger partial charge in [0.15, 0.2) is 5.16 Å². The molecule has 0 spiro atoms. The van der Waals surface area contributed by atoms with Crippen molar-refractivity contribution >= 4 is 32.7 Å². The first-order valence-electron chi connectivity index (χ1n) is 8.99. The number of hydrogen-bond acceptors (Lipinski definition) is 5. The Labute approximate surface area is 163 Å². The number of nitrogens with zero attached hydrogens (tertiary/aromatic N) is 4. The summed E-state index contributed by atoms with van der Waals surface area (Å²) in [6.45, 7) is 1.14. The van der Waals surface area contributed by atoms with Crippen LogP contribution in [0.15, 0.2) is 59.0 Å². The molecule has 0 radical (unpaired) electrons. The standard InChI is InChI=1S/C19H22N4O2S2/c1-22-12-9-21-19(22)26-14-15-6-10-23(11-7-15)27(24,25)17-4-5-18-16(13-17)3-2-8-20-18/h2-5,8-9,12-13,15H,6-7,10-11,14H2,1H3. The molecule has 3 aromatic rings. The van der Waals surface area contributed by atoms with Crippen molar-refractivity contribution in [3.05, 3.63) is 48.9 Å². The summed E-state index contributed by atoms with van der Waals surface area (Å²) in [5.41, 5.74) is 0.807. The molecule has 1 aliphatic rings. The van der Waals surface area contributed by atoms with Crippen molar-refractivity contribution < 1.29 is 8.42 Å². The number of pyridine rings is 1. The fourth-order valence-electron chi connectivity index (χ4n) is 3.36. The van der Waals surface area contributed by atoms with Crippen LogP contribution in [-0.4, -0.2) is 46.1 Å². The first kappa shape index (κ1) is 18.5. The molecule has 0 saturated carbocycles. The number of sulfonamides is 1. The van der Waals surface area contributed by atoms with Crippen LogP contribution in [-0.2, 0) is 17.1 Å². The molecule has 0 amide bonds. The Bertz CT molecular complexity index is 1040. The maximum Gasteiger partial charge on any atom is 0.243 e. The molecule has 1 fully saturated rings. The molecule has 2 aromatic heterocycles. The quantitative estimate of drug-likeness (QED) is 0.613. The van der Waals surface area contributed by atoms with E-state index in [1.54, 1.807) is 46.7 Å². The molecule has 1 aromatic carbocycles. The van der Waals surface area contributed by atoms with Crippen LogP contribution in [0.2, 0.25) is 0 Å². The second-order valence-corrected chi connectivity index (χ2v) is 9.76. The van der Waals surface area contributed by atoms with Gasteiger partial charge in [0.1, 0.15) is 0 Å². The van der Waals surface area contributed by atoms with Crippen LogP contribution < -0.4 is 0 Å². The monoisotopic (exact) mass is 402 g/mol. The van der Waals surface area contributed by atoms with Crippen LogP contribution in [0.1, 0.15) is 12.8 Å². The van der Waals surface area contributed by atoms with Gasteiger partial charge in [0, 0.05) is 49.9 Å². The molecule has 4 rings (SSSR count). The van der Waals surface area contributed by atoms with Gasteiger partial charge < -0.3 is 4.57 Å². The Morgan fingerprint density at radius 2 is 1.96 bits per heavy atom. The second kappa shape index (κ2) is 7.61. The van der Waals surface area contributed by atoms with Gasteiger partial charge in [-0.2, -0.15) is 4.31 Å². The molecule has 3 heterocycles. The summed E-state index contributed by atoms with van der Waals surface area (Å²) in [6, 6.07) is 8.87. The number of piperidine rings is 1. The average Bonchev–Trinajstić information content (AvgIpc) is 3.11. The van der Waals surface area contributed by atoms with Crippen molar-refractivity contribution in [3.63, 3.8) is 0 Å². The van der Waals surface area contributed by atoms with Crippen LogP contribution in [0.25, 0.3) is 10.9 Å². The third kappa shape index (κ3) is 3.88. The number of aryl methyl sites for hydroxylation is 1. The van der Waals surface area contributed by atoms with E-state index < -0.39 is 10.0 Å². The number of imidazole rings is 1. The highest BCUT2D eigenvalue weighted by atomic mass is 32.2. The Kier molecular flexibility index (Phi) is 5.21. The summed E-state index contributed by atoms with van der Waals surface area (Å²) in [6.07, 6.45) is 7.22. The average molecular weight is 403 g/mol. The molecule has 0 bridgehead atoms. The van der Waals surface area contributed by atoms with Gasteiger partial charge in [-0.05, 0) is 43.0 Å². The van der Waals surface area contributed by atoms with E-state index in [-0.39, 0.29) is 0 Å². The Hall–Kier alpha value is -1.90. The number of hydrogen-bond donors (Lipinski definition) is 0. The summed E-state index contributed by atoms with van der Waals surface area (Å²) in [5.74, 6) is 1.49. The SMILES string of the molecule is Cn1ccnc1SCC1CCN(S(=O)(=O)c2ccc3ncccc3c2)CC1. The van der Waals surface area contributed by atoms with Crippen LogP contribution in [0.5, 0.6) is 0 Å². The molecular formula is C19H22N4O2S2. The molecule has 27 heavy (non-hydrogen) atoms. The van der Waals surface area contributed by atoms with Gasteiger partial charge in [-0.1, -0.05) is 17.8 Å². The highest BCUT2D eigenvalue weighted by molar-refractivity contribution is 7.99. The lowest BCUT2D eigenvalue weighted by Crippen LogP contribution is -2.38. The first-order chi connectivity index (χ1) is 13.0. The van der Waals surface area contributed by atoms with Crippen LogP contribution in [0.4, 0.5) is 0 Å². The molecule has 6 nitrogen and oxygen atoms in total. The van der Waals surface area contributed by atoms with E-state index in [4.69, 9.17) is 0 Å². The minimum Gasteiger partial charge on any atom is -0.329 e. The third-order valence-electron chi connectivity index (χ3n) is 5.01. The Morgan fingerprint density at radius 1 is 1.15 bits per heavy atom. The lowest BCUT2D eigenvalue weighted by Gasteiger charge is -2.31. The van der Waals surface area contributed by atoms with Crippen molar-refractivity contribution in [1.82, 2.24) is 18.8 Å². The lowest BCUT2D eigenvalue weighted by atomic mass is 10.0. The predicted octanol–water partition coefficient (Wildman–Crippen LogP) is 3.16. The number of thioether (sulfide) groups is 1. The van der Waals surface area contributed by atoms with E-state index >= 15 is 0 Å². The Morgan fingerprint density at radius 3 is 2.70 bits per heavy atom. The topological polar surface area (TPSA) is 68.1 Å². The molecule has 0 unspecified atom stereocenters. The van der Waals surface area contributed by atoms with Crippen LogP contribution in [0.3, 0.4) is 0 Å². The van der Waals surface area contributed by atoms with E-state index in [0.717, 1.165) is 34.7 Å². The third-order valence-corrected chi connectivity index (χ3v) is 8.20. The van der Waals surface area contributed by atoms with Gasteiger partial charge in [0.25, 0.3) is 0 Å². The van der Waals surface area contributed by atoms with Crippen molar-refractivity contribution in [2.75, 3.05) is 18.8 Å². The van der Waals surface area contributed by atoms with E-state index in [2.05, 4.69) is 9.97 Å². The van der Waals surface area contributed by atoms with Crippen molar-refractivity contribution in [1.29, 1.82) is 0 Å². The van der Waals surface area contributed by atoms with Gasteiger partial charge in [0.2, 0.25) is 10.0 Å². The molecule has 142 valence electrons. The van der Waals surface area contributed by atoms with Crippen molar-refractivity contribution in [2.45, 2.75) is 22.9 Å². The smallest absolute Gasteiger partial charge is 0.243 e. The first-order valence-corrected chi connectivity index (χ1v) is 11.4. The maximum absolute atomic E-state index is 13.0. The highest BCUT2D eigenvalue weighted by Crippen LogP contribution is 2.29. The molecule has 8 heteroatoms. The van der Waals surface area contributed by atoms with Gasteiger partial charge in [-0.15, -0.1) is 0 Å². The van der Waals surface area contributed by atoms with Crippen molar-refractivity contribution in [3.8, 4) is 0 Å².